The van der Waals surface area contributed by atoms with Crippen molar-refractivity contribution in [2.24, 2.45) is 5.73 Å². The van der Waals surface area contributed by atoms with Gasteiger partial charge in [0.05, 0.1) is 27.4 Å². The van der Waals surface area contributed by atoms with Crippen molar-refractivity contribution in [1.29, 1.82) is 0 Å². The molecule has 1 aliphatic heterocycles. The second-order valence-corrected chi connectivity index (χ2v) is 8.15. The van der Waals surface area contributed by atoms with Gasteiger partial charge in [-0.1, -0.05) is 18.0 Å². The van der Waals surface area contributed by atoms with Crippen molar-refractivity contribution in [3.8, 4) is 0 Å². The smallest absolute Gasteiger partial charge is 0.154 e. The van der Waals surface area contributed by atoms with E-state index in [-0.39, 0.29) is 5.75 Å². The number of hydrogen-bond acceptors (Lipinski definition) is 4. The van der Waals surface area contributed by atoms with Crippen molar-refractivity contribution in [2.75, 3.05) is 5.75 Å². The lowest BCUT2D eigenvalue weighted by Gasteiger charge is -2.27. The molecule has 0 aromatic carbocycles. The van der Waals surface area contributed by atoms with Gasteiger partial charge >= 0.3 is 0 Å². The summed E-state index contributed by atoms with van der Waals surface area (Å²) in [5.41, 5.74) is 7.79. The van der Waals surface area contributed by atoms with E-state index >= 15 is 0 Å². The molecule has 114 valence electrons. The molecule has 0 spiro atoms. The lowest BCUT2D eigenvalue weighted by Crippen LogP contribution is -2.45. The molecular formula is C13H22ClN3O2S. The molecule has 1 saturated heterocycles. The zero-order chi connectivity index (χ0) is 14.9. The molecule has 5 nitrogen and oxygen atoms in total. The van der Waals surface area contributed by atoms with Gasteiger partial charge in [-0.15, -0.1) is 0 Å². The predicted molar refractivity (Wildman–Crippen MR) is 80.8 cm³/mol. The molecule has 7 heteroatoms. The summed E-state index contributed by atoms with van der Waals surface area (Å²) in [7, 11) is -3.07. The number of nitrogens with zero attached hydrogens (tertiary/aromatic N) is 2. The summed E-state index contributed by atoms with van der Waals surface area (Å²) >= 11 is 6.26. The maximum atomic E-state index is 12.1. The Hall–Kier alpha value is -0.590. The standard InChI is InChI=1S/C13H22ClN3O2S/c1-3-17-11(13(14)9(2)16-17)8-10(15)12-6-4-5-7-20(12,18)19/h10,12H,3-8,15H2,1-2H3. The van der Waals surface area contributed by atoms with Crippen LogP contribution in [0.25, 0.3) is 0 Å². The fourth-order valence-corrected chi connectivity index (χ4v) is 5.16. The number of hydrogen-bond donors (Lipinski definition) is 1. The van der Waals surface area contributed by atoms with Gasteiger partial charge in [0.25, 0.3) is 0 Å². The number of aryl methyl sites for hydroxylation is 2. The van der Waals surface area contributed by atoms with Crippen LogP contribution in [0.1, 0.15) is 37.6 Å². The molecule has 0 bridgehead atoms. The van der Waals surface area contributed by atoms with Crippen LogP contribution in [0.3, 0.4) is 0 Å². The van der Waals surface area contributed by atoms with Crippen molar-refractivity contribution in [3.05, 3.63) is 16.4 Å². The van der Waals surface area contributed by atoms with Gasteiger partial charge in [-0.05, 0) is 26.7 Å². The van der Waals surface area contributed by atoms with E-state index in [0.717, 1.165) is 24.2 Å². The second-order valence-electron chi connectivity index (χ2n) is 5.43. The van der Waals surface area contributed by atoms with Gasteiger partial charge in [-0.2, -0.15) is 5.10 Å². The normalized spacial score (nSPS) is 23.7. The third-order valence-corrected chi connectivity index (χ3v) is 6.85. The van der Waals surface area contributed by atoms with Crippen LogP contribution in [0.15, 0.2) is 0 Å². The molecule has 2 heterocycles. The Balaban J connectivity index is 2.21. The largest absolute Gasteiger partial charge is 0.326 e. The predicted octanol–water partition coefficient (Wildman–Crippen LogP) is 1.70. The average Bonchev–Trinajstić information content (AvgIpc) is 2.65. The summed E-state index contributed by atoms with van der Waals surface area (Å²) in [5, 5.41) is 4.50. The highest BCUT2D eigenvalue weighted by atomic mass is 35.5. The van der Waals surface area contributed by atoms with Crippen LogP contribution in [0, 0.1) is 6.92 Å². The zero-order valence-corrected chi connectivity index (χ0v) is 13.5. The van der Waals surface area contributed by atoms with Crippen molar-refractivity contribution in [1.82, 2.24) is 9.78 Å². The van der Waals surface area contributed by atoms with Gasteiger partial charge in [-0.3, -0.25) is 4.68 Å². The summed E-state index contributed by atoms with van der Waals surface area (Å²) < 4.78 is 26.1. The van der Waals surface area contributed by atoms with Crippen LogP contribution in [0.2, 0.25) is 5.02 Å². The first kappa shape index (κ1) is 15.8. The summed E-state index contributed by atoms with van der Waals surface area (Å²) in [6.45, 7) is 4.53. The SMILES string of the molecule is CCn1nc(C)c(Cl)c1CC(N)C1CCCCS1(=O)=O. The van der Waals surface area contributed by atoms with Gasteiger partial charge in [0.15, 0.2) is 9.84 Å². The molecule has 2 rings (SSSR count). The Morgan fingerprint density at radius 2 is 2.20 bits per heavy atom. The molecule has 2 N–H and O–H groups in total. The van der Waals surface area contributed by atoms with Crippen molar-refractivity contribution < 1.29 is 8.42 Å². The highest BCUT2D eigenvalue weighted by molar-refractivity contribution is 7.92. The number of sulfone groups is 1. The summed E-state index contributed by atoms with van der Waals surface area (Å²) in [6.07, 6.45) is 2.79. The number of rotatable bonds is 4. The van der Waals surface area contributed by atoms with E-state index in [0.29, 0.717) is 24.4 Å². The third-order valence-electron chi connectivity index (χ3n) is 3.99. The van der Waals surface area contributed by atoms with Gasteiger partial charge in [0.2, 0.25) is 0 Å². The first-order valence-electron chi connectivity index (χ1n) is 7.05. The highest BCUT2D eigenvalue weighted by Crippen LogP contribution is 2.26. The Morgan fingerprint density at radius 3 is 2.80 bits per heavy atom. The van der Waals surface area contributed by atoms with E-state index in [1.807, 2.05) is 18.5 Å². The fourth-order valence-electron chi connectivity index (χ4n) is 2.88. The topological polar surface area (TPSA) is 78.0 Å². The molecule has 0 aliphatic carbocycles. The van der Waals surface area contributed by atoms with E-state index < -0.39 is 21.1 Å². The first-order valence-corrected chi connectivity index (χ1v) is 9.15. The van der Waals surface area contributed by atoms with E-state index in [4.69, 9.17) is 17.3 Å². The Morgan fingerprint density at radius 1 is 1.50 bits per heavy atom. The van der Waals surface area contributed by atoms with Gasteiger partial charge in [-0.25, -0.2) is 8.42 Å². The highest BCUT2D eigenvalue weighted by Gasteiger charge is 2.34. The van der Waals surface area contributed by atoms with Crippen molar-refractivity contribution in [3.63, 3.8) is 0 Å². The molecule has 1 aromatic rings. The van der Waals surface area contributed by atoms with Gasteiger partial charge in [0.1, 0.15) is 0 Å². The maximum Gasteiger partial charge on any atom is 0.154 e. The number of nitrogens with two attached hydrogens (primary N) is 1. The maximum absolute atomic E-state index is 12.1. The molecule has 1 aromatic heterocycles. The van der Waals surface area contributed by atoms with Gasteiger partial charge in [0, 0.05) is 19.0 Å². The van der Waals surface area contributed by atoms with Crippen LogP contribution in [-0.4, -0.2) is 35.2 Å². The van der Waals surface area contributed by atoms with Crippen molar-refractivity contribution in [2.45, 2.75) is 57.4 Å². The molecule has 1 aliphatic rings. The zero-order valence-electron chi connectivity index (χ0n) is 12.0. The summed E-state index contributed by atoms with van der Waals surface area (Å²) in [5.74, 6) is 0.255. The Kier molecular flexibility index (Phi) is 4.76. The lowest BCUT2D eigenvalue weighted by molar-refractivity contribution is 0.484. The van der Waals surface area contributed by atoms with Crippen LogP contribution in [-0.2, 0) is 22.8 Å². The fraction of sp³-hybridized carbons (Fsp3) is 0.769. The molecule has 0 radical (unpaired) electrons. The minimum atomic E-state index is -3.07. The molecule has 0 saturated carbocycles. The Labute approximate surface area is 125 Å². The average molecular weight is 320 g/mol. The van der Waals surface area contributed by atoms with Crippen LogP contribution in [0.4, 0.5) is 0 Å². The summed E-state index contributed by atoms with van der Waals surface area (Å²) in [6, 6.07) is -0.417. The molecule has 2 atom stereocenters. The van der Waals surface area contributed by atoms with Crippen LogP contribution in [0.5, 0.6) is 0 Å². The van der Waals surface area contributed by atoms with E-state index in [9.17, 15) is 8.42 Å². The molecular weight excluding hydrogens is 298 g/mol. The van der Waals surface area contributed by atoms with E-state index in [1.54, 1.807) is 0 Å². The van der Waals surface area contributed by atoms with E-state index in [1.165, 1.54) is 0 Å². The van der Waals surface area contributed by atoms with Crippen LogP contribution < -0.4 is 5.73 Å². The first-order chi connectivity index (χ1) is 9.36. The monoisotopic (exact) mass is 319 g/mol. The molecule has 1 fully saturated rings. The lowest BCUT2D eigenvalue weighted by atomic mass is 10.0. The summed E-state index contributed by atoms with van der Waals surface area (Å²) in [4.78, 5) is 0. The van der Waals surface area contributed by atoms with Crippen molar-refractivity contribution >= 4 is 21.4 Å². The molecule has 20 heavy (non-hydrogen) atoms. The number of aromatic nitrogens is 2. The molecule has 0 amide bonds. The number of halogens is 1. The second kappa shape index (κ2) is 6.03. The minimum Gasteiger partial charge on any atom is -0.326 e. The molecule has 2 unspecified atom stereocenters. The van der Waals surface area contributed by atoms with Crippen LogP contribution >= 0.6 is 11.6 Å². The minimum absolute atomic E-state index is 0.255. The Bertz CT molecular complexity index is 583. The quantitative estimate of drug-likeness (QED) is 0.916. The third kappa shape index (κ3) is 3.02. The van der Waals surface area contributed by atoms with E-state index in [2.05, 4.69) is 5.10 Å². The van der Waals surface area contributed by atoms with Gasteiger partial charge < -0.3 is 5.73 Å².